The molecular formula is C14H19NO4. The summed E-state index contributed by atoms with van der Waals surface area (Å²) in [7, 11) is 1.52. The smallest absolute Gasteiger partial charge is 0.260 e. The van der Waals surface area contributed by atoms with E-state index in [1.54, 1.807) is 25.1 Å². The molecule has 0 saturated carbocycles. The lowest BCUT2D eigenvalue weighted by Crippen LogP contribution is -2.40. The first-order chi connectivity index (χ1) is 8.97. The van der Waals surface area contributed by atoms with Gasteiger partial charge in [-0.1, -0.05) is 0 Å². The molecule has 0 aliphatic carbocycles. The highest BCUT2D eigenvalue weighted by Gasteiger charge is 2.17. The van der Waals surface area contributed by atoms with Crippen LogP contribution < -0.4 is 14.8 Å². The number of methoxy groups -OCH3 is 1. The molecule has 0 bridgehead atoms. The summed E-state index contributed by atoms with van der Waals surface area (Å²) in [6.45, 7) is 5.38. The van der Waals surface area contributed by atoms with Crippen LogP contribution in [0.25, 0.3) is 0 Å². The molecular weight excluding hydrogens is 246 g/mol. The van der Waals surface area contributed by atoms with E-state index in [1.165, 1.54) is 7.11 Å². The van der Waals surface area contributed by atoms with E-state index in [2.05, 4.69) is 5.32 Å². The molecule has 1 rings (SSSR count). The lowest BCUT2D eigenvalue weighted by molar-refractivity contribution is -0.127. The Labute approximate surface area is 112 Å². The van der Waals surface area contributed by atoms with Crippen molar-refractivity contribution in [2.45, 2.75) is 32.9 Å². The number of carbonyl (C=O) groups excluding carboxylic acids is 2. The molecule has 0 heterocycles. The summed E-state index contributed by atoms with van der Waals surface area (Å²) in [5.74, 6) is 0.707. The summed E-state index contributed by atoms with van der Waals surface area (Å²) in [6.07, 6.45) is -0.000213. The van der Waals surface area contributed by atoms with Crippen molar-refractivity contribution in [3.05, 3.63) is 23.8 Å². The molecule has 0 aliphatic rings. The van der Waals surface area contributed by atoms with Gasteiger partial charge in [-0.25, -0.2) is 0 Å². The van der Waals surface area contributed by atoms with Crippen LogP contribution in [-0.4, -0.2) is 31.4 Å². The van der Waals surface area contributed by atoms with E-state index in [9.17, 15) is 9.59 Å². The summed E-state index contributed by atoms with van der Waals surface area (Å²) in [5.41, 5.74) is 0.351. The largest absolute Gasteiger partial charge is 0.497 e. The first-order valence-corrected chi connectivity index (χ1v) is 6.08. The Morgan fingerprint density at radius 1 is 1.32 bits per heavy atom. The number of ether oxygens (including phenoxy) is 2. The maximum absolute atomic E-state index is 11.7. The molecule has 19 heavy (non-hydrogen) atoms. The number of benzene rings is 1. The van der Waals surface area contributed by atoms with Crippen molar-refractivity contribution < 1.29 is 19.1 Å². The van der Waals surface area contributed by atoms with Crippen molar-refractivity contribution in [1.82, 2.24) is 5.32 Å². The van der Waals surface area contributed by atoms with E-state index >= 15 is 0 Å². The molecule has 0 aliphatic heterocycles. The lowest BCUT2D eigenvalue weighted by Gasteiger charge is -2.17. The zero-order valence-corrected chi connectivity index (χ0v) is 11.6. The van der Waals surface area contributed by atoms with Gasteiger partial charge in [-0.2, -0.15) is 0 Å². The van der Waals surface area contributed by atoms with Crippen LogP contribution in [0.5, 0.6) is 11.5 Å². The molecule has 0 saturated heterocycles. The predicted octanol–water partition coefficient (Wildman–Crippen LogP) is 1.80. The average molecular weight is 265 g/mol. The van der Waals surface area contributed by atoms with Crippen LogP contribution in [0.15, 0.2) is 18.2 Å². The molecule has 5 nitrogen and oxygen atoms in total. The molecule has 0 fully saturated rings. The first-order valence-electron chi connectivity index (χ1n) is 6.08. The Hall–Kier alpha value is -2.04. The van der Waals surface area contributed by atoms with Gasteiger partial charge in [0.05, 0.1) is 12.7 Å². The van der Waals surface area contributed by atoms with Crippen molar-refractivity contribution in [1.29, 1.82) is 0 Å². The van der Waals surface area contributed by atoms with E-state index in [0.29, 0.717) is 23.3 Å². The second-order valence-corrected chi connectivity index (χ2v) is 4.44. The van der Waals surface area contributed by atoms with Crippen LogP contribution in [0.1, 0.15) is 31.1 Å². The third-order valence-electron chi connectivity index (χ3n) is 2.45. The van der Waals surface area contributed by atoms with Gasteiger partial charge in [0.15, 0.2) is 12.4 Å². The number of carbonyl (C=O) groups is 2. The topological polar surface area (TPSA) is 64.6 Å². The number of hydrogen-bond acceptors (Lipinski definition) is 4. The van der Waals surface area contributed by atoms with Gasteiger partial charge in [0.1, 0.15) is 11.5 Å². The van der Waals surface area contributed by atoms with Crippen LogP contribution in [0.2, 0.25) is 0 Å². The highest BCUT2D eigenvalue weighted by atomic mass is 16.5. The second-order valence-electron chi connectivity index (χ2n) is 4.44. The van der Waals surface area contributed by atoms with Gasteiger partial charge in [0.2, 0.25) is 0 Å². The van der Waals surface area contributed by atoms with Gasteiger partial charge < -0.3 is 14.8 Å². The van der Waals surface area contributed by atoms with Crippen LogP contribution in [0.4, 0.5) is 0 Å². The molecule has 1 aromatic rings. The number of rotatable bonds is 6. The molecule has 1 atom stereocenters. The highest BCUT2D eigenvalue weighted by Crippen LogP contribution is 2.23. The first kappa shape index (κ1) is 15.0. The molecule has 104 valence electrons. The Kier molecular flexibility index (Phi) is 5.36. The second kappa shape index (κ2) is 6.78. The van der Waals surface area contributed by atoms with E-state index < -0.39 is 6.10 Å². The van der Waals surface area contributed by atoms with Gasteiger partial charge in [-0.15, -0.1) is 0 Å². The van der Waals surface area contributed by atoms with Gasteiger partial charge in [0, 0.05) is 6.04 Å². The Morgan fingerprint density at radius 3 is 2.53 bits per heavy atom. The van der Waals surface area contributed by atoms with E-state index in [0.717, 1.165) is 0 Å². The lowest BCUT2D eigenvalue weighted by atomic mass is 10.2. The van der Waals surface area contributed by atoms with Crippen LogP contribution in [0, 0.1) is 0 Å². The van der Waals surface area contributed by atoms with E-state index in [1.807, 2.05) is 13.8 Å². The molecule has 0 spiro atoms. The fourth-order valence-corrected chi connectivity index (χ4v) is 1.50. The number of amides is 1. The van der Waals surface area contributed by atoms with Crippen molar-refractivity contribution in [2.24, 2.45) is 0 Å². The Morgan fingerprint density at radius 2 is 2.00 bits per heavy atom. The van der Waals surface area contributed by atoms with E-state index in [4.69, 9.17) is 9.47 Å². The van der Waals surface area contributed by atoms with Gasteiger partial charge in [0.25, 0.3) is 5.91 Å². The van der Waals surface area contributed by atoms with Crippen molar-refractivity contribution in [3.63, 3.8) is 0 Å². The maximum Gasteiger partial charge on any atom is 0.260 e. The predicted molar refractivity (Wildman–Crippen MR) is 71.8 cm³/mol. The van der Waals surface area contributed by atoms with E-state index in [-0.39, 0.29) is 11.9 Å². The third kappa shape index (κ3) is 4.28. The number of hydrogen-bond donors (Lipinski definition) is 1. The van der Waals surface area contributed by atoms with Crippen molar-refractivity contribution in [2.75, 3.05) is 7.11 Å². The monoisotopic (exact) mass is 265 g/mol. The molecule has 1 N–H and O–H groups in total. The standard InChI is InChI=1S/C14H19NO4/c1-9(2)15-14(17)10(3)19-13-6-5-12(18-4)7-11(13)8-16/h5-10H,1-4H3,(H,15,17). The number of aldehydes is 1. The summed E-state index contributed by atoms with van der Waals surface area (Å²) in [6, 6.07) is 4.90. The normalized spacial score (nSPS) is 11.8. The molecule has 5 heteroatoms. The highest BCUT2D eigenvalue weighted by molar-refractivity contribution is 5.83. The Balaban J connectivity index is 2.81. The van der Waals surface area contributed by atoms with Crippen molar-refractivity contribution in [3.8, 4) is 11.5 Å². The summed E-state index contributed by atoms with van der Waals surface area (Å²) in [5, 5.41) is 2.75. The minimum absolute atomic E-state index is 0.0416. The fraction of sp³-hybridized carbons (Fsp3) is 0.429. The maximum atomic E-state index is 11.7. The molecule has 0 aromatic heterocycles. The molecule has 1 amide bonds. The van der Waals surface area contributed by atoms with Crippen LogP contribution >= 0.6 is 0 Å². The molecule has 1 unspecified atom stereocenters. The van der Waals surface area contributed by atoms with Crippen LogP contribution in [-0.2, 0) is 4.79 Å². The zero-order chi connectivity index (χ0) is 14.4. The van der Waals surface area contributed by atoms with Gasteiger partial charge in [-0.05, 0) is 39.0 Å². The summed E-state index contributed by atoms with van der Waals surface area (Å²) in [4.78, 5) is 22.7. The summed E-state index contributed by atoms with van der Waals surface area (Å²) >= 11 is 0. The average Bonchev–Trinajstić information content (AvgIpc) is 2.38. The van der Waals surface area contributed by atoms with Crippen molar-refractivity contribution >= 4 is 12.2 Å². The zero-order valence-electron chi connectivity index (χ0n) is 11.6. The molecule has 1 aromatic carbocycles. The molecule has 0 radical (unpaired) electrons. The van der Waals surface area contributed by atoms with Gasteiger partial charge >= 0.3 is 0 Å². The fourth-order valence-electron chi connectivity index (χ4n) is 1.50. The van der Waals surface area contributed by atoms with Gasteiger partial charge in [-0.3, -0.25) is 9.59 Å². The third-order valence-corrected chi connectivity index (χ3v) is 2.45. The number of nitrogens with one attached hydrogen (secondary N) is 1. The minimum atomic E-state index is -0.672. The minimum Gasteiger partial charge on any atom is -0.497 e. The summed E-state index contributed by atoms with van der Waals surface area (Å²) < 4.78 is 10.5. The quantitative estimate of drug-likeness (QED) is 0.797. The van der Waals surface area contributed by atoms with Crippen LogP contribution in [0.3, 0.4) is 0 Å². The Bertz CT molecular complexity index is 457. The SMILES string of the molecule is COc1ccc(OC(C)C(=O)NC(C)C)c(C=O)c1.